The molecule has 0 amide bonds. The molecule has 5 nitrogen and oxygen atoms in total. The summed E-state index contributed by atoms with van der Waals surface area (Å²) in [5, 5.41) is 8.35. The third-order valence-corrected chi connectivity index (χ3v) is 3.45. The summed E-state index contributed by atoms with van der Waals surface area (Å²) in [6.07, 6.45) is 3.75. The van der Waals surface area contributed by atoms with Gasteiger partial charge in [0.2, 0.25) is 0 Å². The van der Waals surface area contributed by atoms with Crippen LogP contribution in [0.4, 0.5) is 0 Å². The van der Waals surface area contributed by atoms with E-state index in [9.17, 15) is 0 Å². The molecular formula is C17H21N5. The first-order valence-electron chi connectivity index (χ1n) is 7.03. The van der Waals surface area contributed by atoms with E-state index in [0.717, 1.165) is 34.6 Å². The van der Waals surface area contributed by atoms with Crippen LogP contribution in [0, 0.1) is 0 Å². The van der Waals surface area contributed by atoms with Gasteiger partial charge in [-0.05, 0) is 42.5 Å². The molecule has 1 aromatic heterocycles. The molecule has 0 atom stereocenters. The maximum absolute atomic E-state index is 4.33. The van der Waals surface area contributed by atoms with E-state index in [2.05, 4.69) is 28.5 Å². The lowest BCUT2D eigenvalue weighted by atomic mass is 10.1. The normalized spacial score (nSPS) is 12.5. The van der Waals surface area contributed by atoms with Crippen molar-refractivity contribution in [3.8, 4) is 0 Å². The van der Waals surface area contributed by atoms with Crippen molar-refractivity contribution in [2.75, 3.05) is 20.6 Å². The molecule has 0 aliphatic carbocycles. The number of hydrogen-bond donors (Lipinski definition) is 0. The summed E-state index contributed by atoms with van der Waals surface area (Å²) in [5.41, 5.74) is 3.84. The third kappa shape index (κ3) is 3.31. The molecule has 22 heavy (non-hydrogen) atoms. The number of likely N-dealkylation sites (N-methyl/N-ethyl adjacent to an activating group) is 1. The number of aromatic nitrogens is 3. The molecule has 0 bridgehead atoms. The van der Waals surface area contributed by atoms with Gasteiger partial charge >= 0.3 is 0 Å². The molecule has 0 radical (unpaired) electrons. The van der Waals surface area contributed by atoms with Crippen molar-refractivity contribution < 1.29 is 0 Å². The summed E-state index contributed by atoms with van der Waals surface area (Å²) in [4.78, 5) is 6.31. The summed E-state index contributed by atoms with van der Waals surface area (Å²) >= 11 is 0. The van der Waals surface area contributed by atoms with Gasteiger partial charge in [-0.2, -0.15) is 4.68 Å². The Kier molecular flexibility index (Phi) is 4.88. The highest BCUT2D eigenvalue weighted by Crippen LogP contribution is 2.13. The van der Waals surface area contributed by atoms with Crippen molar-refractivity contribution in [3.63, 3.8) is 0 Å². The van der Waals surface area contributed by atoms with Crippen LogP contribution in [0.5, 0.6) is 0 Å². The average molecular weight is 295 g/mol. The summed E-state index contributed by atoms with van der Waals surface area (Å²) in [7, 11) is 3.71. The first-order chi connectivity index (χ1) is 10.6. The Morgan fingerprint density at radius 2 is 2.14 bits per heavy atom. The minimum Gasteiger partial charge on any atom is -0.377 e. The second-order valence-electron chi connectivity index (χ2n) is 5.10. The number of benzene rings is 1. The molecule has 0 spiro atoms. The lowest BCUT2D eigenvalue weighted by Crippen LogP contribution is -2.16. The molecule has 2 rings (SSSR count). The highest BCUT2D eigenvalue weighted by Gasteiger charge is 2.08. The quantitative estimate of drug-likeness (QED) is 0.484. The van der Waals surface area contributed by atoms with Gasteiger partial charge in [0.1, 0.15) is 5.52 Å². The minimum atomic E-state index is 0.723. The molecule has 2 aromatic rings. The number of allylic oxidation sites excluding steroid dienone is 1. The van der Waals surface area contributed by atoms with Gasteiger partial charge in [0.25, 0.3) is 0 Å². The monoisotopic (exact) mass is 295 g/mol. The number of fused-ring (bicyclic) bond motifs is 1. The Hall–Kier alpha value is -2.69. The molecule has 0 aliphatic heterocycles. The van der Waals surface area contributed by atoms with Crippen LogP contribution in [-0.4, -0.2) is 46.4 Å². The average Bonchev–Trinajstić information content (AvgIpc) is 2.96. The Bertz CT molecular complexity index is 751. The molecule has 114 valence electrons. The lowest BCUT2D eigenvalue weighted by molar-refractivity contribution is 0.501. The lowest BCUT2D eigenvalue weighted by Gasteiger charge is -2.15. The fraction of sp³-hybridized carbons (Fsp3) is 0.235. The topological polar surface area (TPSA) is 46.3 Å². The number of para-hydroxylation sites is 1. The summed E-state index contributed by atoms with van der Waals surface area (Å²) in [6.45, 7) is 10.6. The Morgan fingerprint density at radius 3 is 2.82 bits per heavy atom. The van der Waals surface area contributed by atoms with Gasteiger partial charge in [0.05, 0.1) is 5.52 Å². The first-order valence-corrected chi connectivity index (χ1v) is 7.03. The van der Waals surface area contributed by atoms with Crippen LogP contribution in [0.25, 0.3) is 11.0 Å². The van der Waals surface area contributed by atoms with Crippen molar-refractivity contribution in [2.24, 2.45) is 4.99 Å². The fourth-order valence-corrected chi connectivity index (χ4v) is 2.04. The molecule has 1 aromatic carbocycles. The van der Waals surface area contributed by atoms with Gasteiger partial charge in [-0.15, -0.1) is 5.10 Å². The molecule has 1 heterocycles. The van der Waals surface area contributed by atoms with Gasteiger partial charge in [-0.1, -0.05) is 30.5 Å². The number of rotatable bonds is 5. The second-order valence-corrected chi connectivity index (χ2v) is 5.10. The van der Waals surface area contributed by atoms with E-state index in [1.54, 1.807) is 17.9 Å². The van der Waals surface area contributed by atoms with Crippen molar-refractivity contribution in [1.82, 2.24) is 19.9 Å². The van der Waals surface area contributed by atoms with Crippen molar-refractivity contribution in [1.29, 1.82) is 0 Å². The molecule has 0 unspecified atom stereocenters. The standard InChI is InChI=1S/C17H21N5/c1-6-21(5)12-14(3)13(2)11-17(18-4)22-16-10-8-7-9-15(16)19-20-22/h6-11H,1,3,12H2,2,4-5H3/b13-11+,18-17+. The van der Waals surface area contributed by atoms with Crippen LogP contribution in [-0.2, 0) is 0 Å². The first kappa shape index (κ1) is 15.7. The van der Waals surface area contributed by atoms with E-state index in [1.807, 2.05) is 49.2 Å². The predicted octanol–water partition coefficient (Wildman–Crippen LogP) is 2.89. The Balaban J connectivity index is 2.31. The van der Waals surface area contributed by atoms with Crippen LogP contribution < -0.4 is 0 Å². The second kappa shape index (κ2) is 6.85. The van der Waals surface area contributed by atoms with Gasteiger partial charge < -0.3 is 4.90 Å². The molecule has 0 saturated heterocycles. The zero-order valence-corrected chi connectivity index (χ0v) is 13.3. The van der Waals surface area contributed by atoms with Crippen LogP contribution >= 0.6 is 0 Å². The highest BCUT2D eigenvalue weighted by molar-refractivity contribution is 6.00. The van der Waals surface area contributed by atoms with Gasteiger partial charge in [-0.25, -0.2) is 0 Å². The van der Waals surface area contributed by atoms with Crippen molar-refractivity contribution >= 4 is 16.9 Å². The maximum atomic E-state index is 4.33. The molecule has 0 saturated carbocycles. The van der Waals surface area contributed by atoms with E-state index in [4.69, 9.17) is 0 Å². The highest BCUT2D eigenvalue weighted by atomic mass is 15.4. The summed E-state index contributed by atoms with van der Waals surface area (Å²) in [6, 6.07) is 7.81. The van der Waals surface area contributed by atoms with Crippen molar-refractivity contribution in [2.45, 2.75) is 6.92 Å². The zero-order chi connectivity index (χ0) is 16.1. The molecular weight excluding hydrogens is 274 g/mol. The molecule has 5 heteroatoms. The Labute approximate surface area is 131 Å². The van der Waals surface area contributed by atoms with E-state index in [1.165, 1.54) is 0 Å². The van der Waals surface area contributed by atoms with E-state index in [0.29, 0.717) is 0 Å². The molecule has 0 fully saturated rings. The van der Waals surface area contributed by atoms with Gasteiger partial charge in [-0.3, -0.25) is 4.99 Å². The maximum Gasteiger partial charge on any atom is 0.151 e. The van der Waals surface area contributed by atoms with E-state index >= 15 is 0 Å². The predicted molar refractivity (Wildman–Crippen MR) is 92.0 cm³/mol. The fourth-order valence-electron chi connectivity index (χ4n) is 2.04. The van der Waals surface area contributed by atoms with Gasteiger partial charge in [0, 0.05) is 20.6 Å². The van der Waals surface area contributed by atoms with Crippen LogP contribution in [0.2, 0.25) is 0 Å². The van der Waals surface area contributed by atoms with Crippen LogP contribution in [0.1, 0.15) is 6.92 Å². The Morgan fingerprint density at radius 1 is 1.41 bits per heavy atom. The number of aliphatic imine (C=N–C) groups is 1. The van der Waals surface area contributed by atoms with Crippen molar-refractivity contribution in [3.05, 3.63) is 60.8 Å². The molecule has 0 aliphatic rings. The van der Waals surface area contributed by atoms with E-state index in [-0.39, 0.29) is 0 Å². The van der Waals surface area contributed by atoms with Crippen LogP contribution in [0.3, 0.4) is 0 Å². The SMILES string of the molecule is C=CN(C)CC(=C)/C(C)=C/C(=N\C)n1nnc2ccccc21. The minimum absolute atomic E-state index is 0.723. The number of nitrogens with zero attached hydrogens (tertiary/aromatic N) is 5. The van der Waals surface area contributed by atoms with Gasteiger partial charge in [0.15, 0.2) is 5.84 Å². The largest absolute Gasteiger partial charge is 0.377 e. The number of hydrogen-bond acceptors (Lipinski definition) is 4. The summed E-state index contributed by atoms with van der Waals surface area (Å²) in [5.74, 6) is 0.730. The zero-order valence-electron chi connectivity index (χ0n) is 13.3. The van der Waals surface area contributed by atoms with E-state index < -0.39 is 0 Å². The molecule has 0 N–H and O–H groups in total. The smallest absolute Gasteiger partial charge is 0.151 e. The van der Waals surface area contributed by atoms with Crippen LogP contribution in [0.15, 0.2) is 65.8 Å². The summed E-state index contributed by atoms with van der Waals surface area (Å²) < 4.78 is 1.74. The third-order valence-electron chi connectivity index (χ3n) is 3.45.